The van der Waals surface area contributed by atoms with Gasteiger partial charge in [-0.15, -0.1) is 0 Å². The van der Waals surface area contributed by atoms with Crippen molar-refractivity contribution < 1.29 is 23.0 Å². The summed E-state index contributed by atoms with van der Waals surface area (Å²) in [6, 6.07) is 0. The molecule has 3 unspecified atom stereocenters. The van der Waals surface area contributed by atoms with Crippen molar-refractivity contribution in [3.05, 3.63) is 0 Å². The summed E-state index contributed by atoms with van der Waals surface area (Å²) in [5.74, 6) is -0.215. The van der Waals surface area contributed by atoms with Gasteiger partial charge in [-0.2, -0.15) is 13.2 Å². The predicted octanol–water partition coefficient (Wildman–Crippen LogP) is 1.72. The van der Waals surface area contributed by atoms with Crippen LogP contribution >= 0.6 is 0 Å². The van der Waals surface area contributed by atoms with Crippen molar-refractivity contribution in [3.8, 4) is 0 Å². The van der Waals surface area contributed by atoms with Gasteiger partial charge < -0.3 is 9.84 Å². The third-order valence-electron chi connectivity index (χ3n) is 2.34. The molecule has 0 spiro atoms. The van der Waals surface area contributed by atoms with Gasteiger partial charge in [0, 0.05) is 12.5 Å². The van der Waals surface area contributed by atoms with E-state index in [0.717, 1.165) is 0 Å². The second-order valence-corrected chi connectivity index (χ2v) is 3.44. The quantitative estimate of drug-likeness (QED) is 0.732. The number of alkyl halides is 3. The first-order chi connectivity index (χ1) is 5.95. The van der Waals surface area contributed by atoms with E-state index >= 15 is 0 Å². The van der Waals surface area contributed by atoms with Crippen LogP contribution in [0.4, 0.5) is 13.2 Å². The average Bonchev–Trinajstić information content (AvgIpc) is 2.50. The lowest BCUT2D eigenvalue weighted by Gasteiger charge is -2.19. The van der Waals surface area contributed by atoms with Crippen molar-refractivity contribution in [3.63, 3.8) is 0 Å². The van der Waals surface area contributed by atoms with Gasteiger partial charge in [0.1, 0.15) is 0 Å². The minimum Gasteiger partial charge on any atom is -0.396 e. The molecule has 0 aliphatic carbocycles. The Morgan fingerprint density at radius 1 is 1.46 bits per heavy atom. The second kappa shape index (κ2) is 3.84. The molecule has 1 heterocycles. The molecule has 5 heteroatoms. The largest absolute Gasteiger partial charge is 0.414 e. The minimum absolute atomic E-state index is 0.0124. The van der Waals surface area contributed by atoms with Crippen LogP contribution in [0.2, 0.25) is 0 Å². The molecule has 0 aromatic carbocycles. The molecule has 1 aliphatic rings. The highest BCUT2D eigenvalue weighted by Gasteiger charge is 2.46. The standard InChI is InChI=1S/C8H13F3O2/c1-5(4-12)6-2-3-7(13-6)8(9,10)11/h5-7,12H,2-4H2,1H3. The maximum absolute atomic E-state index is 12.1. The lowest BCUT2D eigenvalue weighted by atomic mass is 10.0. The molecule has 0 radical (unpaired) electrons. The van der Waals surface area contributed by atoms with E-state index in [1.54, 1.807) is 6.92 Å². The SMILES string of the molecule is CC(CO)C1CCC(C(F)(F)F)O1. The molecule has 1 aliphatic heterocycles. The Morgan fingerprint density at radius 3 is 2.46 bits per heavy atom. The first-order valence-electron chi connectivity index (χ1n) is 4.28. The summed E-state index contributed by atoms with van der Waals surface area (Å²) in [6.07, 6.45) is -5.95. The van der Waals surface area contributed by atoms with Crippen molar-refractivity contribution in [1.82, 2.24) is 0 Å². The molecule has 2 nitrogen and oxygen atoms in total. The smallest absolute Gasteiger partial charge is 0.396 e. The number of hydrogen-bond acceptors (Lipinski definition) is 2. The molecule has 78 valence electrons. The van der Waals surface area contributed by atoms with Gasteiger partial charge in [0.15, 0.2) is 6.10 Å². The van der Waals surface area contributed by atoms with Crippen molar-refractivity contribution in [2.45, 2.75) is 38.1 Å². The number of halogens is 3. The van der Waals surface area contributed by atoms with E-state index < -0.39 is 18.4 Å². The first kappa shape index (κ1) is 10.8. The van der Waals surface area contributed by atoms with Gasteiger partial charge in [0.25, 0.3) is 0 Å². The Hall–Kier alpha value is -0.290. The number of aliphatic hydroxyl groups excluding tert-OH is 1. The lowest BCUT2D eigenvalue weighted by Crippen LogP contribution is -2.30. The molecular formula is C8H13F3O2. The summed E-state index contributed by atoms with van der Waals surface area (Å²) >= 11 is 0. The fraction of sp³-hybridized carbons (Fsp3) is 1.00. The highest BCUT2D eigenvalue weighted by molar-refractivity contribution is 4.81. The monoisotopic (exact) mass is 198 g/mol. The predicted molar refractivity (Wildman–Crippen MR) is 40.2 cm³/mol. The zero-order valence-electron chi connectivity index (χ0n) is 7.34. The molecule has 3 atom stereocenters. The zero-order chi connectivity index (χ0) is 10.1. The molecule has 13 heavy (non-hydrogen) atoms. The van der Waals surface area contributed by atoms with Crippen molar-refractivity contribution in [2.75, 3.05) is 6.61 Å². The van der Waals surface area contributed by atoms with Crippen molar-refractivity contribution in [2.24, 2.45) is 5.92 Å². The Balaban J connectivity index is 2.45. The zero-order valence-corrected chi connectivity index (χ0v) is 7.34. The van der Waals surface area contributed by atoms with Gasteiger partial charge in [-0.25, -0.2) is 0 Å². The summed E-state index contributed by atoms with van der Waals surface area (Å²) in [5.41, 5.74) is 0. The molecule has 1 rings (SSSR count). The van der Waals surface area contributed by atoms with E-state index in [1.165, 1.54) is 0 Å². The minimum atomic E-state index is -4.26. The van der Waals surface area contributed by atoms with Crippen LogP contribution in [0.3, 0.4) is 0 Å². The molecule has 1 N–H and O–H groups in total. The summed E-state index contributed by atoms with van der Waals surface area (Å²) in [5, 5.41) is 8.72. The average molecular weight is 198 g/mol. The summed E-state index contributed by atoms with van der Waals surface area (Å²) < 4.78 is 41.1. The van der Waals surface area contributed by atoms with Gasteiger partial charge >= 0.3 is 6.18 Å². The molecule has 0 aromatic rings. The van der Waals surface area contributed by atoms with Crippen LogP contribution in [0, 0.1) is 5.92 Å². The third-order valence-corrected chi connectivity index (χ3v) is 2.34. The van der Waals surface area contributed by atoms with Crippen LogP contribution in [-0.4, -0.2) is 30.1 Å². The molecule has 0 saturated carbocycles. The normalized spacial score (nSPS) is 32.1. The van der Waals surface area contributed by atoms with Crippen molar-refractivity contribution >= 4 is 0 Å². The Labute approximate surface area is 74.7 Å². The molecule has 0 amide bonds. The Morgan fingerprint density at radius 2 is 2.08 bits per heavy atom. The number of rotatable bonds is 2. The van der Waals surface area contributed by atoms with E-state index in [4.69, 9.17) is 9.84 Å². The van der Waals surface area contributed by atoms with Gasteiger partial charge in [-0.1, -0.05) is 6.92 Å². The summed E-state index contributed by atoms with van der Waals surface area (Å²) in [6.45, 7) is 1.55. The highest BCUT2D eigenvalue weighted by Crippen LogP contribution is 2.35. The maximum atomic E-state index is 12.1. The van der Waals surface area contributed by atoms with Crippen LogP contribution in [0.15, 0.2) is 0 Å². The van der Waals surface area contributed by atoms with Crippen LogP contribution < -0.4 is 0 Å². The van der Waals surface area contributed by atoms with Gasteiger partial charge in [0.05, 0.1) is 6.10 Å². The van der Waals surface area contributed by atoms with E-state index in [0.29, 0.717) is 6.42 Å². The van der Waals surface area contributed by atoms with E-state index in [1.807, 2.05) is 0 Å². The summed E-state index contributed by atoms with van der Waals surface area (Å²) in [7, 11) is 0. The molecule has 0 bridgehead atoms. The fourth-order valence-corrected chi connectivity index (χ4v) is 1.44. The molecule has 0 aromatic heterocycles. The highest BCUT2D eigenvalue weighted by atomic mass is 19.4. The van der Waals surface area contributed by atoms with E-state index in [9.17, 15) is 13.2 Å². The van der Waals surface area contributed by atoms with Gasteiger partial charge in [0.2, 0.25) is 0 Å². The van der Waals surface area contributed by atoms with Crippen LogP contribution in [-0.2, 0) is 4.74 Å². The molecule has 1 fully saturated rings. The van der Waals surface area contributed by atoms with Crippen molar-refractivity contribution in [1.29, 1.82) is 0 Å². The van der Waals surface area contributed by atoms with Crippen LogP contribution in [0.1, 0.15) is 19.8 Å². The van der Waals surface area contributed by atoms with Crippen LogP contribution in [0.5, 0.6) is 0 Å². The summed E-state index contributed by atoms with van der Waals surface area (Å²) in [4.78, 5) is 0. The lowest BCUT2D eigenvalue weighted by molar-refractivity contribution is -0.218. The Bertz CT molecular complexity index is 169. The fourth-order valence-electron chi connectivity index (χ4n) is 1.44. The number of ether oxygens (including phenoxy) is 1. The molecule has 1 saturated heterocycles. The van der Waals surface area contributed by atoms with E-state index in [2.05, 4.69) is 0 Å². The second-order valence-electron chi connectivity index (χ2n) is 3.44. The van der Waals surface area contributed by atoms with Gasteiger partial charge in [-0.3, -0.25) is 0 Å². The number of hydrogen-bond donors (Lipinski definition) is 1. The topological polar surface area (TPSA) is 29.5 Å². The Kier molecular flexibility index (Phi) is 3.18. The first-order valence-corrected chi connectivity index (χ1v) is 4.28. The van der Waals surface area contributed by atoms with Gasteiger partial charge in [-0.05, 0) is 12.8 Å². The third kappa shape index (κ3) is 2.57. The maximum Gasteiger partial charge on any atom is 0.414 e. The van der Waals surface area contributed by atoms with E-state index in [-0.39, 0.29) is 18.9 Å². The number of aliphatic hydroxyl groups is 1. The van der Waals surface area contributed by atoms with Crippen LogP contribution in [0.25, 0.3) is 0 Å². The molecular weight excluding hydrogens is 185 g/mol.